The minimum absolute atomic E-state index is 0.776. The molecule has 16 heavy (non-hydrogen) atoms. The van der Waals surface area contributed by atoms with Crippen LogP contribution < -0.4 is 10.4 Å². The maximum atomic E-state index is 2.43. The molecular formula is C16H14. The average Bonchev–Trinajstić information content (AvgIpc) is 2.36. The van der Waals surface area contributed by atoms with Crippen LogP contribution in [0.1, 0.15) is 30.7 Å². The minimum atomic E-state index is 0.776. The summed E-state index contributed by atoms with van der Waals surface area (Å²) in [6.45, 7) is 0. The van der Waals surface area contributed by atoms with Crippen molar-refractivity contribution in [3.63, 3.8) is 0 Å². The Morgan fingerprint density at radius 3 is 2.94 bits per heavy atom. The molecule has 0 saturated carbocycles. The predicted octanol–water partition coefficient (Wildman–Crippen LogP) is 2.68. The second-order valence-corrected chi connectivity index (χ2v) is 4.93. The van der Waals surface area contributed by atoms with Crippen LogP contribution in [0, 0.1) is 0 Å². The van der Waals surface area contributed by atoms with E-state index in [4.69, 9.17) is 0 Å². The highest BCUT2D eigenvalue weighted by Crippen LogP contribution is 2.32. The quantitative estimate of drug-likeness (QED) is 0.621. The van der Waals surface area contributed by atoms with Crippen molar-refractivity contribution in [1.29, 1.82) is 0 Å². The van der Waals surface area contributed by atoms with Gasteiger partial charge in [0.05, 0.1) is 0 Å². The molecule has 2 aliphatic carbocycles. The van der Waals surface area contributed by atoms with Crippen LogP contribution in [0.2, 0.25) is 0 Å². The van der Waals surface area contributed by atoms with Crippen LogP contribution in [-0.2, 0) is 0 Å². The molecule has 0 spiro atoms. The fraction of sp³-hybridized carbons (Fsp3) is 0.250. The van der Waals surface area contributed by atoms with E-state index in [0.29, 0.717) is 0 Å². The van der Waals surface area contributed by atoms with Gasteiger partial charge in [-0.2, -0.15) is 0 Å². The summed E-state index contributed by atoms with van der Waals surface area (Å²) in [5.41, 5.74) is 1.63. The van der Waals surface area contributed by atoms with Gasteiger partial charge in [-0.25, -0.2) is 0 Å². The lowest BCUT2D eigenvalue weighted by molar-refractivity contribution is 0.646. The van der Waals surface area contributed by atoms with Crippen molar-refractivity contribution in [2.24, 2.45) is 0 Å². The van der Waals surface area contributed by atoms with Gasteiger partial charge in [0.25, 0.3) is 0 Å². The lowest BCUT2D eigenvalue weighted by atomic mass is 9.79. The molecule has 1 atom stereocenters. The molecule has 2 aromatic carbocycles. The van der Waals surface area contributed by atoms with Crippen LogP contribution in [-0.4, -0.2) is 0 Å². The fourth-order valence-corrected chi connectivity index (χ4v) is 3.33. The van der Waals surface area contributed by atoms with Crippen LogP contribution in [0.4, 0.5) is 0 Å². The van der Waals surface area contributed by atoms with E-state index >= 15 is 0 Å². The first-order valence-electron chi connectivity index (χ1n) is 6.15. The number of rotatable bonds is 0. The Bertz CT molecular complexity index is 692. The third-order valence-electron chi connectivity index (χ3n) is 4.06. The summed E-state index contributed by atoms with van der Waals surface area (Å²) in [6, 6.07) is 11.2. The monoisotopic (exact) mass is 206 g/mol. The summed E-state index contributed by atoms with van der Waals surface area (Å²) >= 11 is 0. The van der Waals surface area contributed by atoms with Gasteiger partial charge in [0.1, 0.15) is 0 Å². The predicted molar refractivity (Wildman–Crippen MR) is 68.7 cm³/mol. The zero-order valence-electron chi connectivity index (χ0n) is 9.24. The molecule has 0 N–H and O–H groups in total. The van der Waals surface area contributed by atoms with Crippen molar-refractivity contribution < 1.29 is 0 Å². The van der Waals surface area contributed by atoms with E-state index in [2.05, 4.69) is 42.5 Å². The fourth-order valence-electron chi connectivity index (χ4n) is 3.33. The number of benzene rings is 2. The topological polar surface area (TPSA) is 0 Å². The molecule has 0 aromatic heterocycles. The molecule has 0 nitrogen and oxygen atoms in total. The van der Waals surface area contributed by atoms with Crippen molar-refractivity contribution in [2.75, 3.05) is 0 Å². The molecule has 2 aromatic rings. The van der Waals surface area contributed by atoms with Gasteiger partial charge in [-0.1, -0.05) is 42.5 Å². The van der Waals surface area contributed by atoms with Crippen molar-refractivity contribution in [3.05, 3.63) is 46.3 Å². The van der Waals surface area contributed by atoms with Crippen LogP contribution in [0.3, 0.4) is 0 Å². The first kappa shape index (κ1) is 8.58. The summed E-state index contributed by atoms with van der Waals surface area (Å²) in [5.74, 6) is 0.776. The minimum Gasteiger partial charge on any atom is -0.0769 e. The van der Waals surface area contributed by atoms with Gasteiger partial charge in [-0.15, -0.1) is 0 Å². The summed E-state index contributed by atoms with van der Waals surface area (Å²) in [6.07, 6.45) is 8.65. The molecule has 1 unspecified atom stereocenters. The van der Waals surface area contributed by atoms with E-state index in [0.717, 1.165) is 5.92 Å². The first-order valence-corrected chi connectivity index (χ1v) is 6.15. The van der Waals surface area contributed by atoms with Gasteiger partial charge in [-0.3, -0.25) is 0 Å². The van der Waals surface area contributed by atoms with Gasteiger partial charge in [0.15, 0.2) is 0 Å². The van der Waals surface area contributed by atoms with Crippen molar-refractivity contribution >= 4 is 22.9 Å². The van der Waals surface area contributed by atoms with Gasteiger partial charge < -0.3 is 0 Å². The number of hydrogen-bond donors (Lipinski definition) is 0. The Morgan fingerprint density at radius 1 is 0.938 bits per heavy atom. The highest BCUT2D eigenvalue weighted by atomic mass is 14.2. The van der Waals surface area contributed by atoms with Gasteiger partial charge in [0.2, 0.25) is 0 Å². The number of hydrogen-bond acceptors (Lipinski definition) is 0. The zero-order valence-corrected chi connectivity index (χ0v) is 9.24. The first-order chi connectivity index (χ1) is 7.93. The van der Waals surface area contributed by atoms with E-state index in [1.165, 1.54) is 40.5 Å². The van der Waals surface area contributed by atoms with Crippen molar-refractivity contribution in [2.45, 2.75) is 25.2 Å². The Hall–Kier alpha value is -1.56. The lowest BCUT2D eigenvalue weighted by Crippen LogP contribution is -2.24. The maximum Gasteiger partial charge on any atom is -0.00737 e. The molecule has 0 saturated heterocycles. The third kappa shape index (κ3) is 0.996. The highest BCUT2D eigenvalue weighted by Gasteiger charge is 2.20. The zero-order chi connectivity index (χ0) is 10.5. The van der Waals surface area contributed by atoms with Crippen LogP contribution in [0.5, 0.6) is 0 Å². The normalized spacial score (nSPS) is 21.4. The van der Waals surface area contributed by atoms with E-state index in [9.17, 15) is 0 Å². The molecule has 78 valence electrons. The summed E-state index contributed by atoms with van der Waals surface area (Å²) < 4.78 is 0. The van der Waals surface area contributed by atoms with Crippen LogP contribution >= 0.6 is 0 Å². The van der Waals surface area contributed by atoms with Gasteiger partial charge in [-0.05, 0) is 52.0 Å². The average molecular weight is 206 g/mol. The van der Waals surface area contributed by atoms with Crippen molar-refractivity contribution in [3.8, 4) is 0 Å². The van der Waals surface area contributed by atoms with E-state index in [-0.39, 0.29) is 0 Å². The summed E-state index contributed by atoms with van der Waals surface area (Å²) in [7, 11) is 0. The Morgan fingerprint density at radius 2 is 1.94 bits per heavy atom. The summed E-state index contributed by atoms with van der Waals surface area (Å²) in [5, 5.41) is 5.87. The van der Waals surface area contributed by atoms with Crippen LogP contribution in [0.25, 0.3) is 22.9 Å². The highest BCUT2D eigenvalue weighted by molar-refractivity contribution is 5.89. The second kappa shape index (κ2) is 2.98. The van der Waals surface area contributed by atoms with E-state index in [1.54, 1.807) is 5.56 Å². The molecule has 4 rings (SSSR count). The van der Waals surface area contributed by atoms with Crippen molar-refractivity contribution in [1.82, 2.24) is 0 Å². The Labute approximate surface area is 94.9 Å². The van der Waals surface area contributed by atoms with Crippen LogP contribution in [0.15, 0.2) is 30.3 Å². The molecule has 0 heterocycles. The van der Waals surface area contributed by atoms with Gasteiger partial charge >= 0.3 is 0 Å². The maximum absolute atomic E-state index is 2.43. The molecular weight excluding hydrogens is 192 g/mol. The molecule has 0 radical (unpaired) electrons. The third-order valence-corrected chi connectivity index (χ3v) is 4.06. The second-order valence-electron chi connectivity index (χ2n) is 4.93. The SMILES string of the molecule is C1=c2ccc3cccc4c3c2C(CC=4)CC1. The summed E-state index contributed by atoms with van der Waals surface area (Å²) in [4.78, 5) is 0. The molecule has 0 heteroatoms. The molecule has 0 aliphatic heterocycles. The largest absolute Gasteiger partial charge is 0.0769 e. The molecule has 0 fully saturated rings. The van der Waals surface area contributed by atoms with Gasteiger partial charge in [0, 0.05) is 0 Å². The van der Waals surface area contributed by atoms with E-state index < -0.39 is 0 Å². The Balaban J connectivity index is 2.34. The Kier molecular flexibility index (Phi) is 1.59. The molecule has 2 aliphatic rings. The molecule has 0 amide bonds. The lowest BCUT2D eigenvalue weighted by Gasteiger charge is -2.25. The smallest absolute Gasteiger partial charge is 0.00737 e. The molecule has 0 bridgehead atoms. The standard InChI is InChI=1S/C16H14/c1-3-11-7-9-13-5-2-6-14-10-8-12(4-1)15(11)16(13)14/h1,3-5,7-9,14H,2,6,10H2. The van der Waals surface area contributed by atoms with E-state index in [1.807, 2.05) is 0 Å².